The molecule has 2 atom stereocenters. The van der Waals surface area contributed by atoms with Gasteiger partial charge in [0.05, 0.1) is 29.7 Å². The molecule has 1 N–H and O–H groups in total. The van der Waals surface area contributed by atoms with Crippen LogP contribution in [0.5, 0.6) is 5.75 Å². The molecule has 1 saturated heterocycles. The SMILES string of the molecule is N#Cc1ccc(-c2ccc(OC[C@H]3COCC[C@@H]3NS(=O)(=O)C3CC3)cc2)nc1. The first-order valence-corrected chi connectivity index (χ1v) is 11.3. The zero-order valence-electron chi connectivity index (χ0n) is 16.0. The van der Waals surface area contributed by atoms with E-state index in [1.807, 2.05) is 30.3 Å². The summed E-state index contributed by atoms with van der Waals surface area (Å²) in [6.07, 6.45) is 3.70. The summed E-state index contributed by atoms with van der Waals surface area (Å²) in [5, 5.41) is 8.63. The van der Waals surface area contributed by atoms with Crippen LogP contribution in [0.1, 0.15) is 24.8 Å². The lowest BCUT2D eigenvalue weighted by Crippen LogP contribution is -2.48. The van der Waals surface area contributed by atoms with Gasteiger partial charge in [0.15, 0.2) is 0 Å². The number of nitrogens with one attached hydrogen (secondary N) is 1. The summed E-state index contributed by atoms with van der Waals surface area (Å²) in [6.45, 7) is 1.41. The van der Waals surface area contributed by atoms with Crippen molar-refractivity contribution < 1.29 is 17.9 Å². The van der Waals surface area contributed by atoms with E-state index in [1.165, 1.54) is 0 Å². The molecule has 2 fully saturated rings. The van der Waals surface area contributed by atoms with E-state index >= 15 is 0 Å². The van der Waals surface area contributed by atoms with Gasteiger partial charge in [-0.1, -0.05) is 0 Å². The molecular weight excluding hydrogens is 390 g/mol. The van der Waals surface area contributed by atoms with Gasteiger partial charge in [0, 0.05) is 30.3 Å². The number of benzene rings is 1. The number of rotatable bonds is 7. The molecule has 29 heavy (non-hydrogen) atoms. The number of hydrogen-bond acceptors (Lipinski definition) is 6. The highest BCUT2D eigenvalue weighted by Crippen LogP contribution is 2.29. The molecule has 2 heterocycles. The van der Waals surface area contributed by atoms with Gasteiger partial charge in [0.1, 0.15) is 11.8 Å². The van der Waals surface area contributed by atoms with Crippen LogP contribution in [0.15, 0.2) is 42.6 Å². The molecular formula is C21H23N3O4S. The zero-order chi connectivity index (χ0) is 20.3. The van der Waals surface area contributed by atoms with Crippen molar-refractivity contribution in [3.05, 3.63) is 48.2 Å². The van der Waals surface area contributed by atoms with Gasteiger partial charge in [-0.2, -0.15) is 5.26 Å². The summed E-state index contributed by atoms with van der Waals surface area (Å²) in [5.74, 6) is 0.675. The average Bonchev–Trinajstić information content (AvgIpc) is 3.60. The van der Waals surface area contributed by atoms with E-state index in [0.717, 1.165) is 24.1 Å². The highest BCUT2D eigenvalue weighted by molar-refractivity contribution is 7.90. The molecule has 4 rings (SSSR count). The van der Waals surface area contributed by atoms with Gasteiger partial charge in [-0.05, 0) is 55.7 Å². The largest absolute Gasteiger partial charge is 0.493 e. The summed E-state index contributed by atoms with van der Waals surface area (Å²) < 4.78 is 38.9. The third-order valence-electron chi connectivity index (χ3n) is 5.26. The minimum Gasteiger partial charge on any atom is -0.493 e. The number of hydrogen-bond donors (Lipinski definition) is 1. The lowest BCUT2D eigenvalue weighted by atomic mass is 9.98. The minimum absolute atomic E-state index is 0.0304. The predicted molar refractivity (Wildman–Crippen MR) is 108 cm³/mol. The number of aromatic nitrogens is 1. The van der Waals surface area contributed by atoms with Crippen molar-refractivity contribution >= 4 is 10.0 Å². The predicted octanol–water partition coefficient (Wildman–Crippen LogP) is 2.49. The molecule has 8 heteroatoms. The second-order valence-corrected chi connectivity index (χ2v) is 9.46. The zero-order valence-corrected chi connectivity index (χ0v) is 16.8. The average molecular weight is 413 g/mol. The second-order valence-electron chi connectivity index (χ2n) is 7.47. The first-order valence-electron chi connectivity index (χ1n) is 9.73. The van der Waals surface area contributed by atoms with Crippen LogP contribution in [-0.2, 0) is 14.8 Å². The maximum absolute atomic E-state index is 12.3. The Kier molecular flexibility index (Phi) is 5.81. The van der Waals surface area contributed by atoms with E-state index in [1.54, 1.807) is 12.3 Å². The third kappa shape index (κ3) is 4.93. The molecule has 0 unspecified atom stereocenters. The normalized spacial score (nSPS) is 22.0. The molecule has 1 aliphatic carbocycles. The molecule has 2 aromatic rings. The van der Waals surface area contributed by atoms with Crippen molar-refractivity contribution in [1.82, 2.24) is 9.71 Å². The highest BCUT2D eigenvalue weighted by Gasteiger charge is 2.39. The van der Waals surface area contributed by atoms with Gasteiger partial charge < -0.3 is 9.47 Å². The molecule has 0 amide bonds. The minimum atomic E-state index is -3.23. The number of sulfonamides is 1. The Morgan fingerprint density at radius 1 is 1.17 bits per heavy atom. The molecule has 1 aliphatic heterocycles. The van der Waals surface area contributed by atoms with E-state index < -0.39 is 10.0 Å². The monoisotopic (exact) mass is 413 g/mol. The first kappa shape index (κ1) is 19.8. The van der Waals surface area contributed by atoms with Crippen molar-refractivity contribution in [2.24, 2.45) is 5.92 Å². The Hall–Kier alpha value is -2.47. The van der Waals surface area contributed by atoms with Crippen LogP contribution in [0.4, 0.5) is 0 Å². The molecule has 7 nitrogen and oxygen atoms in total. The maximum atomic E-state index is 12.3. The van der Waals surface area contributed by atoms with Crippen LogP contribution in [0.3, 0.4) is 0 Å². The fourth-order valence-electron chi connectivity index (χ4n) is 3.36. The molecule has 2 aliphatic rings. The fourth-order valence-corrected chi connectivity index (χ4v) is 5.04. The maximum Gasteiger partial charge on any atom is 0.214 e. The Morgan fingerprint density at radius 3 is 2.62 bits per heavy atom. The van der Waals surface area contributed by atoms with Gasteiger partial charge in [-0.3, -0.25) is 4.98 Å². The highest BCUT2D eigenvalue weighted by atomic mass is 32.2. The van der Waals surface area contributed by atoms with Crippen LogP contribution < -0.4 is 9.46 Å². The van der Waals surface area contributed by atoms with E-state index in [2.05, 4.69) is 15.8 Å². The number of pyridine rings is 1. The van der Waals surface area contributed by atoms with E-state index in [9.17, 15) is 8.42 Å². The summed E-state index contributed by atoms with van der Waals surface area (Å²) >= 11 is 0. The van der Waals surface area contributed by atoms with Gasteiger partial charge in [0.25, 0.3) is 0 Å². The van der Waals surface area contributed by atoms with Crippen LogP contribution in [0.25, 0.3) is 11.3 Å². The van der Waals surface area contributed by atoms with Gasteiger partial charge >= 0.3 is 0 Å². The van der Waals surface area contributed by atoms with Gasteiger partial charge in [0.2, 0.25) is 10.0 Å². The molecule has 0 bridgehead atoms. The number of ether oxygens (including phenoxy) is 2. The smallest absolute Gasteiger partial charge is 0.214 e. The Labute approximate surface area is 170 Å². The van der Waals surface area contributed by atoms with Crippen LogP contribution >= 0.6 is 0 Å². The number of nitrogens with zero attached hydrogens (tertiary/aromatic N) is 2. The quantitative estimate of drug-likeness (QED) is 0.748. The molecule has 152 valence electrons. The van der Waals surface area contributed by atoms with Gasteiger partial charge in [-0.15, -0.1) is 0 Å². The van der Waals surface area contributed by atoms with E-state index in [0.29, 0.717) is 37.6 Å². The molecule has 1 aromatic carbocycles. The third-order valence-corrected chi connectivity index (χ3v) is 7.24. The van der Waals surface area contributed by atoms with Crippen molar-refractivity contribution in [3.63, 3.8) is 0 Å². The molecule has 1 saturated carbocycles. The Bertz CT molecular complexity index is 980. The number of nitriles is 1. The van der Waals surface area contributed by atoms with Crippen molar-refractivity contribution in [3.8, 4) is 23.1 Å². The summed E-state index contributed by atoms with van der Waals surface area (Å²) in [5.41, 5.74) is 2.24. The lowest BCUT2D eigenvalue weighted by molar-refractivity contribution is 0.0186. The van der Waals surface area contributed by atoms with Crippen molar-refractivity contribution in [2.45, 2.75) is 30.6 Å². The van der Waals surface area contributed by atoms with E-state index in [-0.39, 0.29) is 17.2 Å². The van der Waals surface area contributed by atoms with Crippen LogP contribution in [0.2, 0.25) is 0 Å². The fraction of sp³-hybridized carbons (Fsp3) is 0.429. The van der Waals surface area contributed by atoms with Crippen molar-refractivity contribution in [2.75, 3.05) is 19.8 Å². The van der Waals surface area contributed by atoms with Crippen LogP contribution in [0, 0.1) is 17.2 Å². The molecule has 1 aromatic heterocycles. The first-order chi connectivity index (χ1) is 14.0. The topological polar surface area (TPSA) is 101 Å². The standard InChI is InChI=1S/C21H23N3O4S/c22-11-15-1-8-20(23-12-15)16-2-4-18(5-3-16)28-14-17-13-27-10-9-21(17)24-29(25,26)19-6-7-19/h1-5,8,12,17,19,21,24H,6-7,9-10,13-14H2/t17-,21+/m1/s1. The van der Waals surface area contributed by atoms with E-state index in [4.69, 9.17) is 14.7 Å². The van der Waals surface area contributed by atoms with Gasteiger partial charge in [-0.25, -0.2) is 13.1 Å². The van der Waals surface area contributed by atoms with Crippen molar-refractivity contribution in [1.29, 1.82) is 5.26 Å². The Morgan fingerprint density at radius 2 is 1.97 bits per heavy atom. The Balaban J connectivity index is 1.36. The van der Waals surface area contributed by atoms with Crippen LogP contribution in [-0.4, -0.2) is 44.5 Å². The molecule has 0 spiro atoms. The summed E-state index contributed by atoms with van der Waals surface area (Å²) in [7, 11) is -3.23. The summed E-state index contributed by atoms with van der Waals surface area (Å²) in [6, 6.07) is 13.0. The second kappa shape index (κ2) is 8.49. The summed E-state index contributed by atoms with van der Waals surface area (Å²) in [4.78, 5) is 4.29. The lowest BCUT2D eigenvalue weighted by Gasteiger charge is -2.31. The molecule has 0 radical (unpaired) electrons.